The van der Waals surface area contributed by atoms with Gasteiger partial charge >= 0.3 is 0 Å². The van der Waals surface area contributed by atoms with Gasteiger partial charge in [0.25, 0.3) is 0 Å². The van der Waals surface area contributed by atoms with Crippen molar-refractivity contribution in [3.05, 3.63) is 51.2 Å². The van der Waals surface area contributed by atoms with E-state index in [2.05, 4.69) is 24.4 Å². The second-order valence-corrected chi connectivity index (χ2v) is 5.80. The zero-order valence-electron chi connectivity index (χ0n) is 10.3. The number of ether oxygens (including phenoxy) is 1. The summed E-state index contributed by atoms with van der Waals surface area (Å²) in [5.41, 5.74) is 0. The van der Waals surface area contributed by atoms with Gasteiger partial charge in [0.1, 0.15) is 12.4 Å². The first-order chi connectivity index (χ1) is 8.74. The van der Waals surface area contributed by atoms with Gasteiger partial charge in [-0.15, -0.1) is 11.3 Å². The summed E-state index contributed by atoms with van der Waals surface area (Å²) in [6, 6.07) is 11.7. The number of hydrogen-bond acceptors (Lipinski definition) is 3. The SMILES string of the molecule is Cc1ccc(CNCCOc2ccc(Cl)cc2)s1. The van der Waals surface area contributed by atoms with Gasteiger partial charge in [-0.05, 0) is 43.3 Å². The summed E-state index contributed by atoms with van der Waals surface area (Å²) in [6.45, 7) is 4.52. The van der Waals surface area contributed by atoms with Crippen molar-refractivity contribution in [2.75, 3.05) is 13.2 Å². The molecule has 2 aromatic rings. The smallest absolute Gasteiger partial charge is 0.119 e. The second-order valence-electron chi connectivity index (χ2n) is 3.99. The molecule has 1 heterocycles. The zero-order chi connectivity index (χ0) is 12.8. The van der Waals surface area contributed by atoms with Crippen LogP contribution in [0.1, 0.15) is 9.75 Å². The predicted molar refractivity (Wildman–Crippen MR) is 77.7 cm³/mol. The summed E-state index contributed by atoms with van der Waals surface area (Å²) in [4.78, 5) is 2.71. The lowest BCUT2D eigenvalue weighted by molar-refractivity contribution is 0.314. The summed E-state index contributed by atoms with van der Waals surface area (Å²) in [5, 5.41) is 4.09. The van der Waals surface area contributed by atoms with Crippen molar-refractivity contribution in [3.8, 4) is 5.75 Å². The molecule has 0 radical (unpaired) electrons. The van der Waals surface area contributed by atoms with Crippen molar-refractivity contribution < 1.29 is 4.74 Å². The highest BCUT2D eigenvalue weighted by atomic mass is 35.5. The minimum Gasteiger partial charge on any atom is -0.492 e. The molecule has 1 aromatic carbocycles. The number of hydrogen-bond donors (Lipinski definition) is 1. The number of aryl methyl sites for hydroxylation is 1. The van der Waals surface area contributed by atoms with E-state index < -0.39 is 0 Å². The minimum atomic E-state index is 0.659. The van der Waals surface area contributed by atoms with E-state index in [9.17, 15) is 0 Å². The molecule has 0 spiro atoms. The topological polar surface area (TPSA) is 21.3 Å². The monoisotopic (exact) mass is 281 g/mol. The van der Waals surface area contributed by atoms with Crippen molar-refractivity contribution in [3.63, 3.8) is 0 Å². The Kier molecular flexibility index (Phi) is 5.05. The molecule has 0 bridgehead atoms. The van der Waals surface area contributed by atoms with E-state index >= 15 is 0 Å². The van der Waals surface area contributed by atoms with Crippen molar-refractivity contribution in [1.82, 2.24) is 5.32 Å². The van der Waals surface area contributed by atoms with Crippen LogP contribution < -0.4 is 10.1 Å². The standard InChI is InChI=1S/C14H16ClNOS/c1-11-2-7-14(18-11)10-16-8-9-17-13-5-3-12(15)4-6-13/h2-7,16H,8-10H2,1H3. The van der Waals surface area contributed by atoms with Gasteiger partial charge in [-0.1, -0.05) is 11.6 Å². The average Bonchev–Trinajstić information content (AvgIpc) is 2.77. The average molecular weight is 282 g/mol. The van der Waals surface area contributed by atoms with Crippen molar-refractivity contribution in [2.24, 2.45) is 0 Å². The largest absolute Gasteiger partial charge is 0.492 e. The Balaban J connectivity index is 1.63. The first-order valence-corrected chi connectivity index (χ1v) is 7.08. The Morgan fingerprint density at radius 3 is 2.61 bits per heavy atom. The molecule has 96 valence electrons. The molecular weight excluding hydrogens is 266 g/mol. The van der Waals surface area contributed by atoms with Crippen LogP contribution >= 0.6 is 22.9 Å². The maximum Gasteiger partial charge on any atom is 0.119 e. The lowest BCUT2D eigenvalue weighted by Crippen LogP contribution is -2.20. The van der Waals surface area contributed by atoms with Crippen LogP contribution in [0.2, 0.25) is 5.02 Å². The van der Waals surface area contributed by atoms with Crippen molar-refractivity contribution in [1.29, 1.82) is 0 Å². The highest BCUT2D eigenvalue weighted by Crippen LogP contribution is 2.15. The maximum absolute atomic E-state index is 5.80. The number of benzene rings is 1. The molecule has 18 heavy (non-hydrogen) atoms. The lowest BCUT2D eigenvalue weighted by atomic mass is 10.3. The molecule has 0 aliphatic rings. The van der Waals surface area contributed by atoms with Gasteiger partial charge in [0.05, 0.1) is 0 Å². The third-order valence-electron chi connectivity index (χ3n) is 2.46. The van der Waals surface area contributed by atoms with Crippen LogP contribution in [-0.4, -0.2) is 13.2 Å². The Morgan fingerprint density at radius 2 is 1.94 bits per heavy atom. The summed E-state index contributed by atoms with van der Waals surface area (Å²) in [7, 11) is 0. The van der Waals surface area contributed by atoms with Gasteiger partial charge in [0.2, 0.25) is 0 Å². The van der Waals surface area contributed by atoms with E-state index in [0.29, 0.717) is 6.61 Å². The highest BCUT2D eigenvalue weighted by molar-refractivity contribution is 7.11. The van der Waals surface area contributed by atoms with Gasteiger partial charge < -0.3 is 10.1 Å². The van der Waals surface area contributed by atoms with E-state index in [1.54, 1.807) is 0 Å². The zero-order valence-corrected chi connectivity index (χ0v) is 11.9. The van der Waals surface area contributed by atoms with Crippen LogP contribution in [0.25, 0.3) is 0 Å². The molecule has 0 atom stereocenters. The maximum atomic E-state index is 5.80. The van der Waals surface area contributed by atoms with E-state index in [4.69, 9.17) is 16.3 Å². The fourth-order valence-electron chi connectivity index (χ4n) is 1.56. The van der Waals surface area contributed by atoms with Crippen LogP contribution in [0.15, 0.2) is 36.4 Å². The second kappa shape index (κ2) is 6.78. The molecule has 0 saturated heterocycles. The van der Waals surface area contributed by atoms with Crippen molar-refractivity contribution in [2.45, 2.75) is 13.5 Å². The van der Waals surface area contributed by atoms with E-state index in [1.165, 1.54) is 9.75 Å². The fraction of sp³-hybridized carbons (Fsp3) is 0.286. The van der Waals surface area contributed by atoms with E-state index in [0.717, 1.165) is 23.9 Å². The van der Waals surface area contributed by atoms with E-state index in [1.807, 2.05) is 35.6 Å². The van der Waals surface area contributed by atoms with Crippen LogP contribution in [0, 0.1) is 6.92 Å². The Labute approximate surface area is 117 Å². The van der Waals surface area contributed by atoms with Crippen LogP contribution in [0.5, 0.6) is 5.75 Å². The number of halogens is 1. The normalized spacial score (nSPS) is 10.6. The Bertz CT molecular complexity index is 481. The molecule has 1 aromatic heterocycles. The first kappa shape index (κ1) is 13.4. The third-order valence-corrected chi connectivity index (χ3v) is 3.71. The van der Waals surface area contributed by atoms with E-state index in [-0.39, 0.29) is 0 Å². The molecule has 0 saturated carbocycles. The van der Waals surface area contributed by atoms with Gasteiger partial charge in [0.15, 0.2) is 0 Å². The van der Waals surface area contributed by atoms with Gasteiger partial charge in [-0.3, -0.25) is 0 Å². The number of rotatable bonds is 6. The van der Waals surface area contributed by atoms with Crippen molar-refractivity contribution >= 4 is 22.9 Å². The number of nitrogens with one attached hydrogen (secondary N) is 1. The minimum absolute atomic E-state index is 0.659. The lowest BCUT2D eigenvalue weighted by Gasteiger charge is -2.06. The van der Waals surface area contributed by atoms with Crippen LogP contribution in [0.4, 0.5) is 0 Å². The molecule has 2 nitrogen and oxygen atoms in total. The molecule has 0 fully saturated rings. The highest BCUT2D eigenvalue weighted by Gasteiger charge is 1.97. The van der Waals surface area contributed by atoms with Gasteiger partial charge in [-0.2, -0.15) is 0 Å². The molecule has 0 unspecified atom stereocenters. The van der Waals surface area contributed by atoms with Gasteiger partial charge in [0, 0.05) is 27.9 Å². The molecule has 0 aliphatic carbocycles. The molecule has 0 amide bonds. The summed E-state index contributed by atoms with van der Waals surface area (Å²) < 4.78 is 5.59. The number of thiophene rings is 1. The Morgan fingerprint density at radius 1 is 1.17 bits per heavy atom. The van der Waals surface area contributed by atoms with Crippen LogP contribution in [0.3, 0.4) is 0 Å². The summed E-state index contributed by atoms with van der Waals surface area (Å²) in [5.74, 6) is 0.855. The Hall–Kier alpha value is -1.03. The molecule has 0 aliphatic heterocycles. The quantitative estimate of drug-likeness (QED) is 0.812. The predicted octanol–water partition coefficient (Wildman–Crippen LogP) is 3.88. The molecule has 1 N–H and O–H groups in total. The molecule has 2 rings (SSSR count). The fourth-order valence-corrected chi connectivity index (χ4v) is 2.55. The van der Waals surface area contributed by atoms with Gasteiger partial charge in [-0.25, -0.2) is 0 Å². The van der Waals surface area contributed by atoms with Crippen LogP contribution in [-0.2, 0) is 6.54 Å². The summed E-state index contributed by atoms with van der Waals surface area (Å²) >= 11 is 7.62. The summed E-state index contributed by atoms with van der Waals surface area (Å²) in [6.07, 6.45) is 0. The molecular formula is C14H16ClNOS. The molecule has 4 heteroatoms. The first-order valence-electron chi connectivity index (χ1n) is 5.88. The third kappa shape index (κ3) is 4.33.